The van der Waals surface area contributed by atoms with Gasteiger partial charge in [-0.15, -0.1) is 0 Å². The van der Waals surface area contributed by atoms with E-state index in [2.05, 4.69) is 41.7 Å². The van der Waals surface area contributed by atoms with Crippen LogP contribution < -0.4 is 30.7 Å². The first-order chi connectivity index (χ1) is 28.6. The molecule has 4 N–H and O–H groups in total. The van der Waals surface area contributed by atoms with Gasteiger partial charge in [0.25, 0.3) is 5.91 Å². The Kier molecular flexibility index (Phi) is 10.7. The number of aliphatic hydroxyl groups excluding tert-OH is 1. The molecule has 7 heterocycles. The van der Waals surface area contributed by atoms with Crippen LogP contribution in [0.4, 0.5) is 29.0 Å². The fraction of sp³-hybridized carbons (Fsp3) is 0.488. The fourth-order valence-corrected chi connectivity index (χ4v) is 8.94. The Morgan fingerprint density at radius 2 is 1.81 bits per heavy atom. The molecule has 1 saturated carbocycles. The Morgan fingerprint density at radius 3 is 2.56 bits per heavy atom. The lowest BCUT2D eigenvalue weighted by Gasteiger charge is -2.39. The number of nitrogens with one attached hydrogen (secondary N) is 3. The molecule has 3 saturated heterocycles. The predicted octanol–water partition coefficient (Wildman–Crippen LogP) is 3.12. The SMILES string of the molecule is CNC(=O)COC1=Cc2cc(Nc3nc(N4CCN(CC5CCN(c6cccc7c(C8CCC(=O)NC8=O)nn(C)c67)CC5)CC4)ncc3Cl)cnc2N(C2CC2)C1O. The second-order valence-electron chi connectivity index (χ2n) is 16.1. The average Bonchev–Trinajstić information content (AvgIpc) is 4.03. The summed E-state index contributed by atoms with van der Waals surface area (Å²) >= 11 is 6.61. The normalized spacial score (nSPS) is 21.6. The molecule has 3 amide bonds. The number of amides is 3. The number of aryl methyl sites for hydroxylation is 1. The molecule has 59 heavy (non-hydrogen) atoms. The van der Waals surface area contributed by atoms with E-state index in [-0.39, 0.29) is 30.4 Å². The quantitative estimate of drug-likeness (QED) is 0.162. The molecule has 310 valence electrons. The van der Waals surface area contributed by atoms with Gasteiger partial charge in [-0.2, -0.15) is 10.1 Å². The van der Waals surface area contributed by atoms with Gasteiger partial charge in [0.1, 0.15) is 16.6 Å². The minimum atomic E-state index is -1.03. The second kappa shape index (κ2) is 16.3. The van der Waals surface area contributed by atoms with E-state index in [1.807, 2.05) is 34.8 Å². The minimum absolute atomic E-state index is 0.152. The number of hydrogen-bond donors (Lipinski definition) is 4. The van der Waals surface area contributed by atoms with Crippen molar-refractivity contribution in [3.63, 3.8) is 0 Å². The van der Waals surface area contributed by atoms with E-state index in [0.29, 0.717) is 52.8 Å². The maximum absolute atomic E-state index is 12.7. The number of nitrogens with zero attached hydrogens (tertiary/aromatic N) is 9. The summed E-state index contributed by atoms with van der Waals surface area (Å²) in [6.07, 6.45) is 8.87. The molecule has 4 aliphatic heterocycles. The molecule has 0 bridgehead atoms. The van der Waals surface area contributed by atoms with E-state index >= 15 is 0 Å². The van der Waals surface area contributed by atoms with Crippen LogP contribution in [0.25, 0.3) is 17.0 Å². The number of carbonyl (C=O) groups excluding carboxylic acids is 3. The Morgan fingerprint density at radius 1 is 1.02 bits per heavy atom. The summed E-state index contributed by atoms with van der Waals surface area (Å²) in [5, 5.41) is 25.6. The summed E-state index contributed by atoms with van der Waals surface area (Å²) in [6.45, 7) is 6.12. The zero-order valence-electron chi connectivity index (χ0n) is 33.2. The molecule has 1 aromatic carbocycles. The summed E-state index contributed by atoms with van der Waals surface area (Å²) in [5.41, 5.74) is 4.32. The topological polar surface area (TPSA) is 186 Å². The number of anilines is 5. The van der Waals surface area contributed by atoms with E-state index in [1.54, 1.807) is 18.5 Å². The van der Waals surface area contributed by atoms with E-state index in [4.69, 9.17) is 31.4 Å². The van der Waals surface area contributed by atoms with Gasteiger partial charge in [-0.1, -0.05) is 23.7 Å². The number of piperidine rings is 2. The molecule has 0 radical (unpaired) electrons. The molecular weight excluding hydrogens is 776 g/mol. The van der Waals surface area contributed by atoms with Crippen molar-refractivity contribution in [1.29, 1.82) is 0 Å². The van der Waals surface area contributed by atoms with Gasteiger partial charge in [-0.25, -0.2) is 9.97 Å². The van der Waals surface area contributed by atoms with Gasteiger partial charge in [0, 0.05) is 83.3 Å². The number of fused-ring (bicyclic) bond motifs is 2. The van der Waals surface area contributed by atoms with Crippen LogP contribution >= 0.6 is 11.6 Å². The Hall–Kier alpha value is -5.52. The number of aliphatic hydroxyl groups is 1. The first-order valence-corrected chi connectivity index (χ1v) is 20.8. The lowest BCUT2D eigenvalue weighted by Crippen LogP contribution is -2.49. The van der Waals surface area contributed by atoms with Crippen LogP contribution in [0.5, 0.6) is 0 Å². The van der Waals surface area contributed by atoms with Crippen LogP contribution in [-0.2, 0) is 26.2 Å². The maximum atomic E-state index is 12.7. The fourth-order valence-electron chi connectivity index (χ4n) is 8.81. The van der Waals surface area contributed by atoms with Crippen molar-refractivity contribution >= 4 is 75.3 Å². The van der Waals surface area contributed by atoms with Crippen molar-refractivity contribution in [1.82, 2.24) is 40.3 Å². The summed E-state index contributed by atoms with van der Waals surface area (Å²) in [4.78, 5) is 59.5. The minimum Gasteiger partial charge on any atom is -0.483 e. The molecule has 3 aromatic heterocycles. The highest BCUT2D eigenvalue weighted by Gasteiger charge is 2.40. The summed E-state index contributed by atoms with van der Waals surface area (Å²) in [5.74, 6) is 1.41. The number of hydrogen-bond acceptors (Lipinski definition) is 14. The van der Waals surface area contributed by atoms with Crippen LogP contribution in [0.3, 0.4) is 0 Å². The van der Waals surface area contributed by atoms with E-state index in [1.165, 1.54) is 7.05 Å². The van der Waals surface area contributed by atoms with E-state index < -0.39 is 12.1 Å². The molecule has 4 aromatic rings. The molecule has 9 rings (SSSR count). The molecule has 2 unspecified atom stereocenters. The molecule has 4 fully saturated rings. The van der Waals surface area contributed by atoms with Crippen molar-refractivity contribution in [3.8, 4) is 0 Å². The molecular formula is C41H49ClN12O5. The molecule has 5 aliphatic rings. The van der Waals surface area contributed by atoms with E-state index in [9.17, 15) is 19.5 Å². The number of pyridine rings is 1. The number of carbonyl (C=O) groups is 3. The molecule has 2 atom stereocenters. The number of para-hydroxylation sites is 1. The number of likely N-dealkylation sites (N-methyl/N-ethyl adjacent to an activating group) is 1. The molecule has 17 nitrogen and oxygen atoms in total. The number of piperazine rings is 1. The number of halogens is 1. The summed E-state index contributed by atoms with van der Waals surface area (Å²) in [7, 11) is 3.48. The van der Waals surface area contributed by atoms with Crippen molar-refractivity contribution in [3.05, 3.63) is 58.7 Å². The molecule has 1 aliphatic carbocycles. The highest BCUT2D eigenvalue weighted by molar-refractivity contribution is 6.32. The van der Waals surface area contributed by atoms with Gasteiger partial charge in [0.05, 0.1) is 40.9 Å². The first-order valence-electron chi connectivity index (χ1n) is 20.5. The van der Waals surface area contributed by atoms with Gasteiger partial charge in [0.15, 0.2) is 18.7 Å². The number of aromatic nitrogens is 5. The van der Waals surface area contributed by atoms with Crippen LogP contribution in [0, 0.1) is 5.92 Å². The second-order valence-corrected chi connectivity index (χ2v) is 16.5. The highest BCUT2D eigenvalue weighted by atomic mass is 35.5. The van der Waals surface area contributed by atoms with E-state index in [0.717, 1.165) is 99.3 Å². The Labute approximate surface area is 346 Å². The monoisotopic (exact) mass is 824 g/mol. The number of imide groups is 1. The van der Waals surface area contributed by atoms with Crippen LogP contribution in [0.1, 0.15) is 55.7 Å². The van der Waals surface area contributed by atoms with Crippen LogP contribution in [0.15, 0.2) is 42.4 Å². The standard InChI is InChI=1S/C41H49ClN12O5/c1-43-34(56)23-59-32-19-25-18-26(20-44-38(25)54(40(32)58)27-6-7-27)46-37-30(42)21-45-41(48-37)53-16-14-51(15-17-53)22-24-10-12-52(13-11-24)31-5-3-4-28-35(49-50(2)36(28)31)29-8-9-33(55)47-39(29)57/h3-5,18-21,24,27,29,40,58H,6-17,22-23H2,1-2H3,(H,43,56)(H,45,46,48)(H,47,55,57). The number of benzene rings is 1. The Bertz CT molecular complexity index is 2300. The lowest BCUT2D eigenvalue weighted by molar-refractivity contribution is -0.134. The van der Waals surface area contributed by atoms with Gasteiger partial charge in [-0.3, -0.25) is 29.3 Å². The van der Waals surface area contributed by atoms with Crippen LogP contribution in [0.2, 0.25) is 5.02 Å². The van der Waals surface area contributed by atoms with Crippen molar-refractivity contribution in [2.24, 2.45) is 13.0 Å². The summed E-state index contributed by atoms with van der Waals surface area (Å²) in [6, 6.07) is 8.29. The number of ether oxygens (including phenoxy) is 1. The predicted molar refractivity (Wildman–Crippen MR) is 223 cm³/mol. The molecule has 0 spiro atoms. The zero-order valence-corrected chi connectivity index (χ0v) is 34.0. The zero-order chi connectivity index (χ0) is 40.8. The maximum Gasteiger partial charge on any atom is 0.257 e. The third-order valence-electron chi connectivity index (χ3n) is 12.1. The third kappa shape index (κ3) is 7.98. The van der Waals surface area contributed by atoms with Gasteiger partial charge in [0.2, 0.25) is 17.8 Å². The molecule has 18 heteroatoms. The van der Waals surface area contributed by atoms with Crippen molar-refractivity contribution in [2.75, 3.05) is 79.5 Å². The van der Waals surface area contributed by atoms with Crippen molar-refractivity contribution in [2.45, 2.75) is 56.7 Å². The highest BCUT2D eigenvalue weighted by Crippen LogP contribution is 2.41. The smallest absolute Gasteiger partial charge is 0.257 e. The lowest BCUT2D eigenvalue weighted by atomic mass is 9.92. The van der Waals surface area contributed by atoms with Crippen LogP contribution in [-0.4, -0.2) is 124 Å². The average molecular weight is 825 g/mol. The largest absolute Gasteiger partial charge is 0.483 e. The third-order valence-corrected chi connectivity index (χ3v) is 12.4. The van der Waals surface area contributed by atoms with Gasteiger partial charge >= 0.3 is 0 Å². The number of rotatable bonds is 11. The first kappa shape index (κ1) is 39.0. The van der Waals surface area contributed by atoms with Crippen molar-refractivity contribution < 1.29 is 24.2 Å². The van der Waals surface area contributed by atoms with Gasteiger partial charge in [-0.05, 0) is 56.2 Å². The van der Waals surface area contributed by atoms with Gasteiger partial charge < -0.3 is 35.2 Å². The summed E-state index contributed by atoms with van der Waals surface area (Å²) < 4.78 is 7.61. The Balaban J connectivity index is 0.802.